The maximum atomic E-state index is 2.58. The Morgan fingerprint density at radius 3 is 1.79 bits per heavy atom. The standard InChI is InChI=1S/C14H14.C13H13.C10H15.Hf/c1-3-7-13(8-4-1)11-12-14-9-5-2-6-10-14;1-9-5-6-12-7-10-3-2-4-11(10)8-13(9)12;1-7-6-10(4,5)9(3)8(7)2;/h1-10H,11-12H2;5-8H,2-4H2,1H3;1-5H3;. The van der Waals surface area contributed by atoms with Gasteiger partial charge in [0.1, 0.15) is 0 Å². The molecule has 0 saturated heterocycles. The van der Waals surface area contributed by atoms with Crippen LogP contribution in [0.3, 0.4) is 0 Å². The van der Waals surface area contributed by atoms with Gasteiger partial charge in [-0.3, -0.25) is 0 Å². The molecule has 0 bridgehead atoms. The first-order chi connectivity index (χ1) is 18.2. The molecule has 1 atom stereocenters. The summed E-state index contributed by atoms with van der Waals surface area (Å²) in [6.07, 6.45) is 11.2. The van der Waals surface area contributed by atoms with E-state index in [9.17, 15) is 0 Å². The van der Waals surface area contributed by atoms with Crippen molar-refractivity contribution < 1.29 is 22.9 Å². The van der Waals surface area contributed by atoms with E-state index in [0.717, 1.165) is 12.8 Å². The molecule has 0 radical (unpaired) electrons. The van der Waals surface area contributed by atoms with Crippen LogP contribution in [0.25, 0.3) is 6.08 Å². The number of benzene rings is 3. The van der Waals surface area contributed by atoms with Gasteiger partial charge in [0.2, 0.25) is 0 Å². The summed E-state index contributed by atoms with van der Waals surface area (Å²) in [4.78, 5) is 0. The van der Waals surface area contributed by atoms with Crippen LogP contribution in [0.15, 0.2) is 98.9 Å². The average Bonchev–Trinajstić information content (AvgIpc) is 3.56. The Balaban J connectivity index is 0.000000179. The Bertz CT molecular complexity index is 1360. The third-order valence-corrected chi connectivity index (χ3v) is 17.2. The van der Waals surface area contributed by atoms with E-state index in [1.165, 1.54) is 36.0 Å². The minimum absolute atomic E-state index is 0.285. The van der Waals surface area contributed by atoms with Gasteiger partial charge in [-0.2, -0.15) is 0 Å². The molecule has 0 nitrogen and oxygen atoms in total. The van der Waals surface area contributed by atoms with Gasteiger partial charge in [-0.25, -0.2) is 0 Å². The van der Waals surface area contributed by atoms with Crippen LogP contribution >= 0.6 is 0 Å². The Labute approximate surface area is 242 Å². The van der Waals surface area contributed by atoms with Crippen LogP contribution in [0.2, 0.25) is 0 Å². The van der Waals surface area contributed by atoms with Crippen LogP contribution in [-0.4, -0.2) is 0 Å². The van der Waals surface area contributed by atoms with Gasteiger partial charge < -0.3 is 0 Å². The molecule has 0 N–H and O–H groups in total. The zero-order valence-electron chi connectivity index (χ0n) is 24.1. The minimum atomic E-state index is -1.05. The molecule has 3 aliphatic carbocycles. The maximum Gasteiger partial charge on any atom is -0.0238 e. The summed E-state index contributed by atoms with van der Waals surface area (Å²) in [5, 5.41) is 0. The fourth-order valence-electron chi connectivity index (χ4n) is 6.37. The van der Waals surface area contributed by atoms with Gasteiger partial charge in [0, 0.05) is 0 Å². The van der Waals surface area contributed by atoms with E-state index in [2.05, 4.69) is 126 Å². The second-order valence-electron chi connectivity index (χ2n) is 12.1. The van der Waals surface area contributed by atoms with Gasteiger partial charge in [0.05, 0.1) is 0 Å². The van der Waals surface area contributed by atoms with Crippen molar-refractivity contribution >= 4 is 6.08 Å². The maximum absolute atomic E-state index is 2.58. The van der Waals surface area contributed by atoms with Crippen LogP contribution < -0.4 is 0 Å². The summed E-state index contributed by atoms with van der Waals surface area (Å²) in [6.45, 7) is 14.5. The number of hydrogen-bond donors (Lipinski definition) is 0. The fraction of sp³-hybridized carbons (Fsp3) is 0.351. The van der Waals surface area contributed by atoms with Gasteiger partial charge in [-0.1, -0.05) is 60.7 Å². The molecule has 1 heteroatoms. The van der Waals surface area contributed by atoms with E-state index in [4.69, 9.17) is 0 Å². The molecule has 0 aliphatic heterocycles. The largest absolute Gasteiger partial charge is 0.0622 e. The zero-order valence-corrected chi connectivity index (χ0v) is 27.7. The van der Waals surface area contributed by atoms with E-state index in [0.29, 0.717) is 3.17 Å². The molecule has 0 saturated carbocycles. The van der Waals surface area contributed by atoms with Crippen molar-refractivity contribution in [3.05, 3.63) is 132 Å². The summed E-state index contributed by atoms with van der Waals surface area (Å²) in [7, 11) is 0. The monoisotopic (exact) mass is 666 g/mol. The van der Waals surface area contributed by atoms with Crippen molar-refractivity contribution in [3.8, 4) is 0 Å². The minimum Gasteiger partial charge on any atom is -0.0622 e. The van der Waals surface area contributed by atoms with Crippen molar-refractivity contribution in [2.45, 2.75) is 76.8 Å². The van der Waals surface area contributed by atoms with E-state index >= 15 is 0 Å². The fourth-order valence-corrected chi connectivity index (χ4v) is 13.2. The van der Waals surface area contributed by atoms with Crippen molar-refractivity contribution in [1.82, 2.24) is 0 Å². The summed E-state index contributed by atoms with van der Waals surface area (Å²) >= 11 is -1.05. The van der Waals surface area contributed by atoms with Crippen LogP contribution in [0.4, 0.5) is 0 Å². The Hall–Kier alpha value is -2.25. The number of hydrogen-bond acceptors (Lipinski definition) is 0. The number of aryl methyl sites for hydroxylation is 4. The van der Waals surface area contributed by atoms with Crippen LogP contribution in [-0.2, 0) is 51.8 Å². The van der Waals surface area contributed by atoms with Crippen LogP contribution in [0, 0.1) is 5.41 Å². The number of fused-ring (bicyclic) bond motifs is 2. The zero-order chi connectivity index (χ0) is 26.9. The first kappa shape index (κ1) is 27.3. The number of allylic oxidation sites excluding steroid dienone is 5. The van der Waals surface area contributed by atoms with Crippen molar-refractivity contribution in [1.29, 1.82) is 0 Å². The predicted octanol–water partition coefficient (Wildman–Crippen LogP) is 9.62. The third-order valence-electron chi connectivity index (χ3n) is 9.25. The molecular weight excluding hydrogens is 623 g/mol. The topological polar surface area (TPSA) is 0 Å². The molecule has 3 aliphatic rings. The Kier molecular flexibility index (Phi) is 7.97. The SMILES string of the molecule is CC1=C(C)C(C)(C)[C]([Hf][C]2(C)C=Cc3cc4c(cc32)CCC4)=C1C.c1ccc(CCc2ccccc2)cc1. The van der Waals surface area contributed by atoms with Gasteiger partial charge >= 0.3 is 159 Å². The van der Waals surface area contributed by atoms with Crippen LogP contribution in [0.5, 0.6) is 0 Å². The smallest absolute Gasteiger partial charge is 0.0238 e. The average molecular weight is 665 g/mol. The molecule has 3 aromatic carbocycles. The third kappa shape index (κ3) is 5.42. The molecule has 38 heavy (non-hydrogen) atoms. The molecule has 0 aromatic heterocycles. The van der Waals surface area contributed by atoms with Crippen molar-refractivity contribution in [2.24, 2.45) is 5.41 Å². The second kappa shape index (κ2) is 11.1. The molecule has 194 valence electrons. The Morgan fingerprint density at radius 2 is 1.26 bits per heavy atom. The normalized spacial score (nSPS) is 20.8. The molecular formula is C37H42Hf. The number of rotatable bonds is 5. The van der Waals surface area contributed by atoms with E-state index in [1.807, 2.05) is 3.33 Å². The Morgan fingerprint density at radius 1 is 0.711 bits per heavy atom. The van der Waals surface area contributed by atoms with E-state index in [1.54, 1.807) is 33.4 Å². The summed E-state index contributed by atoms with van der Waals surface area (Å²) in [5.41, 5.74) is 14.3. The summed E-state index contributed by atoms with van der Waals surface area (Å²) < 4.78 is 2.17. The molecule has 0 fully saturated rings. The van der Waals surface area contributed by atoms with Crippen molar-refractivity contribution in [2.75, 3.05) is 0 Å². The van der Waals surface area contributed by atoms with Gasteiger partial charge in [0.15, 0.2) is 0 Å². The molecule has 3 aromatic rings. The molecule has 0 heterocycles. The molecule has 0 amide bonds. The van der Waals surface area contributed by atoms with E-state index in [-0.39, 0.29) is 5.41 Å². The van der Waals surface area contributed by atoms with Gasteiger partial charge in [0.25, 0.3) is 0 Å². The molecule has 6 rings (SSSR count). The first-order valence-corrected chi connectivity index (χ1v) is 17.9. The van der Waals surface area contributed by atoms with E-state index < -0.39 is 22.9 Å². The second-order valence-corrected chi connectivity index (χ2v) is 18.5. The summed E-state index contributed by atoms with van der Waals surface area (Å²) in [6, 6.07) is 26.3. The van der Waals surface area contributed by atoms with Crippen molar-refractivity contribution in [3.63, 3.8) is 0 Å². The van der Waals surface area contributed by atoms with Gasteiger partial charge in [-0.15, -0.1) is 0 Å². The predicted molar refractivity (Wildman–Crippen MR) is 160 cm³/mol. The quantitative estimate of drug-likeness (QED) is 0.238. The molecule has 1 unspecified atom stereocenters. The molecule has 0 spiro atoms. The summed E-state index contributed by atoms with van der Waals surface area (Å²) in [5.74, 6) is 0. The van der Waals surface area contributed by atoms with Crippen LogP contribution in [0.1, 0.15) is 81.3 Å². The van der Waals surface area contributed by atoms with Gasteiger partial charge in [-0.05, 0) is 24.0 Å². The first-order valence-electron chi connectivity index (χ1n) is 14.3.